The summed E-state index contributed by atoms with van der Waals surface area (Å²) in [5.74, 6) is 0.668. The van der Waals surface area contributed by atoms with E-state index in [9.17, 15) is 9.59 Å². The van der Waals surface area contributed by atoms with Gasteiger partial charge in [0.05, 0.1) is 23.1 Å². The predicted octanol–water partition coefficient (Wildman–Crippen LogP) is 4.12. The summed E-state index contributed by atoms with van der Waals surface area (Å²) in [7, 11) is 0. The van der Waals surface area contributed by atoms with Crippen LogP contribution in [-0.4, -0.2) is 36.8 Å². The molecule has 5 nitrogen and oxygen atoms in total. The van der Waals surface area contributed by atoms with E-state index in [1.807, 2.05) is 24.3 Å². The fraction of sp³-hybridized carbons (Fsp3) is 0.333. The van der Waals surface area contributed by atoms with Crippen molar-refractivity contribution in [1.82, 2.24) is 5.32 Å². The third-order valence-electron chi connectivity index (χ3n) is 4.38. The molecule has 0 spiro atoms. The number of rotatable bonds is 8. The van der Waals surface area contributed by atoms with E-state index >= 15 is 0 Å². The summed E-state index contributed by atoms with van der Waals surface area (Å²) in [5.41, 5.74) is 2.08. The van der Waals surface area contributed by atoms with Crippen molar-refractivity contribution in [3.8, 4) is 0 Å². The van der Waals surface area contributed by atoms with Crippen LogP contribution in [-0.2, 0) is 15.3 Å². The van der Waals surface area contributed by atoms with Gasteiger partial charge >= 0.3 is 0 Å². The summed E-state index contributed by atoms with van der Waals surface area (Å²) in [6.45, 7) is 1.24. The van der Waals surface area contributed by atoms with E-state index in [4.69, 9.17) is 16.3 Å². The molecule has 28 heavy (non-hydrogen) atoms. The number of thioether (sulfide) groups is 1. The average Bonchev–Trinajstić information content (AvgIpc) is 3.22. The molecule has 1 heterocycles. The van der Waals surface area contributed by atoms with Crippen molar-refractivity contribution in [3.63, 3.8) is 0 Å². The van der Waals surface area contributed by atoms with Crippen LogP contribution in [0.1, 0.15) is 28.8 Å². The summed E-state index contributed by atoms with van der Waals surface area (Å²) in [5, 5.41) is 6.43. The highest BCUT2D eigenvalue weighted by atomic mass is 35.5. The Hall–Kier alpha value is -2.02. The summed E-state index contributed by atoms with van der Waals surface area (Å²) in [4.78, 5) is 24.8. The van der Waals surface area contributed by atoms with Gasteiger partial charge in [-0.2, -0.15) is 0 Å². The molecule has 1 saturated heterocycles. The van der Waals surface area contributed by atoms with E-state index in [1.54, 1.807) is 24.3 Å². The van der Waals surface area contributed by atoms with Gasteiger partial charge in [-0.05, 0) is 42.7 Å². The number of carbonyl (C=O) groups is 2. The second-order valence-electron chi connectivity index (χ2n) is 6.56. The van der Waals surface area contributed by atoms with Crippen molar-refractivity contribution in [2.75, 3.05) is 24.2 Å². The number of carbonyl (C=O) groups excluding carboxylic acids is 2. The van der Waals surface area contributed by atoms with Gasteiger partial charge in [-0.1, -0.05) is 35.9 Å². The zero-order chi connectivity index (χ0) is 19.8. The van der Waals surface area contributed by atoms with Gasteiger partial charge in [-0.25, -0.2) is 0 Å². The topological polar surface area (TPSA) is 67.4 Å². The Labute approximate surface area is 174 Å². The minimum Gasteiger partial charge on any atom is -0.376 e. The van der Waals surface area contributed by atoms with E-state index in [2.05, 4.69) is 10.6 Å². The highest BCUT2D eigenvalue weighted by Gasteiger charge is 2.18. The fourth-order valence-corrected chi connectivity index (χ4v) is 3.84. The summed E-state index contributed by atoms with van der Waals surface area (Å²) >= 11 is 7.38. The Morgan fingerprint density at radius 3 is 2.68 bits per heavy atom. The standard InChI is InChI=1S/C21H23ClN2O3S/c22-16-9-7-15(8-10-16)13-28-14-20(25)24-19-6-2-1-5-18(19)21(26)23-12-17-4-3-11-27-17/h1-2,5-10,17H,3-4,11-14H2,(H,23,26)(H,24,25). The molecule has 3 rings (SSSR count). The van der Waals surface area contributed by atoms with Crippen LogP contribution in [0.15, 0.2) is 48.5 Å². The van der Waals surface area contributed by atoms with Gasteiger partial charge in [0.2, 0.25) is 5.91 Å². The maximum atomic E-state index is 12.5. The minimum absolute atomic E-state index is 0.0787. The lowest BCUT2D eigenvalue weighted by Crippen LogP contribution is -2.32. The summed E-state index contributed by atoms with van der Waals surface area (Å²) in [6.07, 6.45) is 2.07. The molecule has 2 amide bonds. The average molecular weight is 419 g/mol. The Bertz CT molecular complexity index is 808. The molecule has 2 N–H and O–H groups in total. The van der Waals surface area contributed by atoms with Gasteiger partial charge in [-0.3, -0.25) is 9.59 Å². The molecular weight excluding hydrogens is 396 g/mol. The minimum atomic E-state index is -0.208. The van der Waals surface area contributed by atoms with Gasteiger partial charge in [0.15, 0.2) is 0 Å². The first-order valence-corrected chi connectivity index (χ1v) is 10.8. The van der Waals surface area contributed by atoms with E-state index in [0.29, 0.717) is 34.3 Å². The van der Waals surface area contributed by atoms with Gasteiger partial charge in [0, 0.05) is 23.9 Å². The lowest BCUT2D eigenvalue weighted by atomic mass is 10.1. The molecule has 0 bridgehead atoms. The number of para-hydroxylation sites is 1. The van der Waals surface area contributed by atoms with E-state index < -0.39 is 0 Å². The number of benzene rings is 2. The summed E-state index contributed by atoms with van der Waals surface area (Å²) < 4.78 is 5.53. The molecule has 1 atom stereocenters. The van der Waals surface area contributed by atoms with Crippen molar-refractivity contribution in [2.24, 2.45) is 0 Å². The molecule has 0 aromatic heterocycles. The molecule has 0 saturated carbocycles. The number of halogens is 1. The Balaban J connectivity index is 1.49. The SMILES string of the molecule is O=C(CSCc1ccc(Cl)cc1)Nc1ccccc1C(=O)NCC1CCCO1. The molecule has 1 fully saturated rings. The van der Waals surface area contributed by atoms with Crippen molar-refractivity contribution in [3.05, 3.63) is 64.7 Å². The zero-order valence-electron chi connectivity index (χ0n) is 15.4. The first kappa shape index (κ1) is 20.7. The Morgan fingerprint density at radius 1 is 1.14 bits per heavy atom. The lowest BCUT2D eigenvalue weighted by molar-refractivity contribution is -0.113. The molecule has 2 aromatic carbocycles. The molecule has 1 unspecified atom stereocenters. The molecule has 2 aromatic rings. The molecule has 0 radical (unpaired) electrons. The smallest absolute Gasteiger partial charge is 0.253 e. The van der Waals surface area contributed by atoms with Crippen LogP contribution >= 0.6 is 23.4 Å². The number of anilines is 1. The quantitative estimate of drug-likeness (QED) is 0.676. The second-order valence-corrected chi connectivity index (χ2v) is 7.98. The molecule has 1 aliphatic rings. The van der Waals surface area contributed by atoms with Crippen LogP contribution in [0.2, 0.25) is 5.02 Å². The van der Waals surface area contributed by atoms with Gasteiger partial charge in [-0.15, -0.1) is 11.8 Å². The second kappa shape index (κ2) is 10.5. The number of hydrogen-bond acceptors (Lipinski definition) is 4. The number of hydrogen-bond donors (Lipinski definition) is 2. The fourth-order valence-electron chi connectivity index (χ4n) is 2.93. The van der Waals surface area contributed by atoms with Crippen molar-refractivity contribution in [1.29, 1.82) is 0 Å². The van der Waals surface area contributed by atoms with Crippen LogP contribution in [0.4, 0.5) is 5.69 Å². The number of nitrogens with one attached hydrogen (secondary N) is 2. The van der Waals surface area contributed by atoms with Crippen molar-refractivity contribution < 1.29 is 14.3 Å². The first-order chi connectivity index (χ1) is 13.6. The van der Waals surface area contributed by atoms with Gasteiger partial charge < -0.3 is 15.4 Å². The predicted molar refractivity (Wildman–Crippen MR) is 114 cm³/mol. The Kier molecular flexibility index (Phi) is 7.77. The third kappa shape index (κ3) is 6.26. The van der Waals surface area contributed by atoms with Gasteiger partial charge in [0.1, 0.15) is 0 Å². The summed E-state index contributed by atoms with van der Waals surface area (Å²) in [6, 6.07) is 14.6. The third-order valence-corrected chi connectivity index (χ3v) is 5.63. The van der Waals surface area contributed by atoms with Crippen molar-refractivity contribution in [2.45, 2.75) is 24.7 Å². The van der Waals surface area contributed by atoms with Gasteiger partial charge in [0.25, 0.3) is 5.91 Å². The maximum absolute atomic E-state index is 12.5. The first-order valence-electron chi connectivity index (χ1n) is 9.22. The molecule has 1 aliphatic heterocycles. The van der Waals surface area contributed by atoms with Crippen LogP contribution in [0.3, 0.4) is 0 Å². The monoisotopic (exact) mass is 418 g/mol. The van der Waals surface area contributed by atoms with E-state index in [-0.39, 0.29) is 17.9 Å². The highest BCUT2D eigenvalue weighted by molar-refractivity contribution is 7.99. The lowest BCUT2D eigenvalue weighted by Gasteiger charge is -2.13. The molecule has 0 aliphatic carbocycles. The van der Waals surface area contributed by atoms with E-state index in [0.717, 1.165) is 25.0 Å². The number of ether oxygens (including phenoxy) is 1. The number of amides is 2. The highest BCUT2D eigenvalue weighted by Crippen LogP contribution is 2.18. The van der Waals surface area contributed by atoms with Crippen molar-refractivity contribution >= 4 is 40.9 Å². The zero-order valence-corrected chi connectivity index (χ0v) is 17.0. The van der Waals surface area contributed by atoms with Crippen LogP contribution < -0.4 is 10.6 Å². The molecule has 148 valence electrons. The van der Waals surface area contributed by atoms with Crippen LogP contribution in [0, 0.1) is 0 Å². The largest absolute Gasteiger partial charge is 0.376 e. The Morgan fingerprint density at radius 2 is 1.93 bits per heavy atom. The van der Waals surface area contributed by atoms with Crippen LogP contribution in [0.25, 0.3) is 0 Å². The normalized spacial score (nSPS) is 16.0. The molecular formula is C21H23ClN2O3S. The molecule has 7 heteroatoms. The maximum Gasteiger partial charge on any atom is 0.253 e. The van der Waals surface area contributed by atoms with Crippen LogP contribution in [0.5, 0.6) is 0 Å². The van der Waals surface area contributed by atoms with E-state index in [1.165, 1.54) is 11.8 Å².